The van der Waals surface area contributed by atoms with Crippen LogP contribution in [0.5, 0.6) is 5.75 Å². The van der Waals surface area contributed by atoms with Gasteiger partial charge in [0.1, 0.15) is 5.75 Å². The monoisotopic (exact) mass is 255 g/mol. The van der Waals surface area contributed by atoms with Crippen molar-refractivity contribution >= 4 is 10.8 Å². The first kappa shape index (κ1) is 12.5. The third-order valence-electron chi connectivity index (χ3n) is 3.60. The molecule has 2 aromatic carbocycles. The molecule has 1 saturated carbocycles. The molecule has 2 nitrogen and oxygen atoms in total. The SMILES string of the molecule is CCCOc1ccc2ccccc2c1CNC1CC1. The van der Waals surface area contributed by atoms with Gasteiger partial charge in [-0.3, -0.25) is 0 Å². The minimum atomic E-state index is 0.720. The van der Waals surface area contributed by atoms with Crippen molar-refractivity contribution in [2.75, 3.05) is 6.61 Å². The van der Waals surface area contributed by atoms with Crippen LogP contribution in [0.4, 0.5) is 0 Å². The summed E-state index contributed by atoms with van der Waals surface area (Å²) < 4.78 is 5.91. The maximum absolute atomic E-state index is 5.91. The van der Waals surface area contributed by atoms with Crippen molar-refractivity contribution in [2.45, 2.75) is 38.8 Å². The molecule has 0 heterocycles. The highest BCUT2D eigenvalue weighted by Crippen LogP contribution is 2.29. The van der Waals surface area contributed by atoms with Crippen LogP contribution in [0.1, 0.15) is 31.7 Å². The first-order chi connectivity index (χ1) is 9.38. The molecule has 100 valence electrons. The zero-order chi connectivity index (χ0) is 13.1. The molecule has 1 N–H and O–H groups in total. The molecule has 2 aromatic rings. The highest BCUT2D eigenvalue weighted by atomic mass is 16.5. The average Bonchev–Trinajstić information content (AvgIpc) is 3.27. The first-order valence-electron chi connectivity index (χ1n) is 7.25. The van der Waals surface area contributed by atoms with Crippen LogP contribution in [0.25, 0.3) is 10.8 Å². The number of hydrogen-bond acceptors (Lipinski definition) is 2. The quantitative estimate of drug-likeness (QED) is 0.845. The third-order valence-corrected chi connectivity index (χ3v) is 3.60. The van der Waals surface area contributed by atoms with Gasteiger partial charge in [-0.05, 0) is 36.1 Å². The molecule has 0 bridgehead atoms. The Kier molecular flexibility index (Phi) is 3.69. The minimum Gasteiger partial charge on any atom is -0.493 e. The summed E-state index contributed by atoms with van der Waals surface area (Å²) in [5.74, 6) is 1.04. The van der Waals surface area contributed by atoms with Crippen molar-refractivity contribution < 1.29 is 4.74 Å². The molecule has 1 aliphatic rings. The first-order valence-corrected chi connectivity index (χ1v) is 7.25. The molecule has 0 aliphatic heterocycles. The van der Waals surface area contributed by atoms with E-state index >= 15 is 0 Å². The lowest BCUT2D eigenvalue weighted by Crippen LogP contribution is -2.16. The lowest BCUT2D eigenvalue weighted by atomic mass is 10.0. The molecule has 1 aliphatic carbocycles. The van der Waals surface area contributed by atoms with Gasteiger partial charge in [-0.25, -0.2) is 0 Å². The van der Waals surface area contributed by atoms with E-state index in [2.05, 4.69) is 48.6 Å². The van der Waals surface area contributed by atoms with E-state index in [1.807, 2.05) is 0 Å². The molecule has 0 amide bonds. The van der Waals surface area contributed by atoms with Crippen molar-refractivity contribution in [2.24, 2.45) is 0 Å². The van der Waals surface area contributed by atoms with Crippen molar-refractivity contribution in [3.63, 3.8) is 0 Å². The number of rotatable bonds is 6. The fourth-order valence-corrected chi connectivity index (χ4v) is 2.38. The number of fused-ring (bicyclic) bond motifs is 1. The van der Waals surface area contributed by atoms with Gasteiger partial charge in [-0.1, -0.05) is 37.3 Å². The average molecular weight is 255 g/mol. The summed E-state index contributed by atoms with van der Waals surface area (Å²) in [6.07, 6.45) is 3.67. The van der Waals surface area contributed by atoms with Gasteiger partial charge < -0.3 is 10.1 Å². The van der Waals surface area contributed by atoms with Crippen LogP contribution in [-0.4, -0.2) is 12.6 Å². The van der Waals surface area contributed by atoms with Gasteiger partial charge in [0.2, 0.25) is 0 Å². The Labute approximate surface area is 114 Å². The van der Waals surface area contributed by atoms with E-state index in [-0.39, 0.29) is 0 Å². The Morgan fingerprint density at radius 1 is 1.16 bits per heavy atom. The van der Waals surface area contributed by atoms with Crippen molar-refractivity contribution in [3.8, 4) is 5.75 Å². The molecule has 0 saturated heterocycles. The molecular formula is C17H21NO. The fraction of sp³-hybridized carbons (Fsp3) is 0.412. The van der Waals surface area contributed by atoms with Gasteiger partial charge in [0.25, 0.3) is 0 Å². The van der Waals surface area contributed by atoms with E-state index in [0.717, 1.165) is 31.4 Å². The van der Waals surface area contributed by atoms with Crippen LogP contribution >= 0.6 is 0 Å². The normalized spacial score (nSPS) is 14.8. The summed E-state index contributed by atoms with van der Waals surface area (Å²) in [4.78, 5) is 0. The van der Waals surface area contributed by atoms with Gasteiger partial charge in [0.05, 0.1) is 6.61 Å². The number of ether oxygens (including phenoxy) is 1. The summed E-state index contributed by atoms with van der Waals surface area (Å²) in [5.41, 5.74) is 1.30. The van der Waals surface area contributed by atoms with Gasteiger partial charge in [-0.2, -0.15) is 0 Å². The van der Waals surface area contributed by atoms with Crippen LogP contribution in [-0.2, 0) is 6.54 Å². The van der Waals surface area contributed by atoms with E-state index in [0.29, 0.717) is 0 Å². The topological polar surface area (TPSA) is 21.3 Å². The summed E-state index contributed by atoms with van der Waals surface area (Å²) >= 11 is 0. The maximum Gasteiger partial charge on any atom is 0.124 e. The van der Waals surface area contributed by atoms with Crippen LogP contribution in [0.3, 0.4) is 0 Å². The predicted molar refractivity (Wildman–Crippen MR) is 79.6 cm³/mol. The van der Waals surface area contributed by atoms with Gasteiger partial charge >= 0.3 is 0 Å². The Bertz CT molecular complexity index is 560. The second-order valence-electron chi connectivity index (χ2n) is 5.27. The summed E-state index contributed by atoms with van der Waals surface area (Å²) in [5, 5.41) is 6.20. The van der Waals surface area contributed by atoms with Crippen LogP contribution in [0, 0.1) is 0 Å². The summed E-state index contributed by atoms with van der Waals surface area (Å²) in [6, 6.07) is 13.5. The number of benzene rings is 2. The van der Waals surface area contributed by atoms with Crippen molar-refractivity contribution in [1.29, 1.82) is 0 Å². The molecule has 3 rings (SSSR count). The molecule has 0 atom stereocenters. The summed E-state index contributed by atoms with van der Waals surface area (Å²) in [7, 11) is 0. The van der Waals surface area contributed by atoms with Crippen molar-refractivity contribution in [3.05, 3.63) is 42.0 Å². The molecule has 1 fully saturated rings. The Morgan fingerprint density at radius 3 is 2.79 bits per heavy atom. The van der Waals surface area contributed by atoms with Gasteiger partial charge in [-0.15, -0.1) is 0 Å². The van der Waals surface area contributed by atoms with E-state index in [1.54, 1.807) is 0 Å². The molecule has 0 radical (unpaired) electrons. The van der Waals surface area contributed by atoms with Crippen LogP contribution < -0.4 is 10.1 Å². The fourth-order valence-electron chi connectivity index (χ4n) is 2.38. The van der Waals surface area contributed by atoms with Crippen molar-refractivity contribution in [1.82, 2.24) is 5.32 Å². The third kappa shape index (κ3) is 2.90. The molecule has 0 spiro atoms. The van der Waals surface area contributed by atoms with E-state index in [9.17, 15) is 0 Å². The molecule has 2 heteroatoms. The van der Waals surface area contributed by atoms with Crippen LogP contribution in [0.15, 0.2) is 36.4 Å². The number of nitrogens with one attached hydrogen (secondary N) is 1. The smallest absolute Gasteiger partial charge is 0.124 e. The standard InChI is InChI=1S/C17H21NO/c1-2-11-19-17-10-7-13-5-3-4-6-15(13)16(17)12-18-14-8-9-14/h3-7,10,14,18H,2,8-9,11-12H2,1H3. The Balaban J connectivity index is 1.94. The second-order valence-corrected chi connectivity index (χ2v) is 5.27. The molecular weight excluding hydrogens is 234 g/mol. The molecule has 19 heavy (non-hydrogen) atoms. The minimum absolute atomic E-state index is 0.720. The van der Waals surface area contributed by atoms with Crippen LogP contribution in [0.2, 0.25) is 0 Å². The van der Waals surface area contributed by atoms with Gasteiger partial charge in [0.15, 0.2) is 0 Å². The summed E-state index contributed by atoms with van der Waals surface area (Å²) in [6.45, 7) is 3.84. The zero-order valence-corrected chi connectivity index (χ0v) is 11.5. The number of hydrogen-bond donors (Lipinski definition) is 1. The Hall–Kier alpha value is -1.54. The lowest BCUT2D eigenvalue weighted by Gasteiger charge is -2.14. The second kappa shape index (κ2) is 5.62. The maximum atomic E-state index is 5.91. The highest BCUT2D eigenvalue weighted by Gasteiger charge is 2.21. The van der Waals surface area contributed by atoms with E-state index in [4.69, 9.17) is 4.74 Å². The lowest BCUT2D eigenvalue weighted by molar-refractivity contribution is 0.314. The largest absolute Gasteiger partial charge is 0.493 e. The highest BCUT2D eigenvalue weighted by molar-refractivity contribution is 5.87. The zero-order valence-electron chi connectivity index (χ0n) is 11.5. The molecule has 0 aromatic heterocycles. The van der Waals surface area contributed by atoms with E-state index in [1.165, 1.54) is 29.2 Å². The van der Waals surface area contributed by atoms with Gasteiger partial charge in [0, 0.05) is 18.2 Å². The van der Waals surface area contributed by atoms with E-state index < -0.39 is 0 Å². The Morgan fingerprint density at radius 2 is 2.00 bits per heavy atom. The predicted octanol–water partition coefficient (Wildman–Crippen LogP) is 3.88. The molecule has 0 unspecified atom stereocenters.